The minimum absolute atomic E-state index is 0.215. The number of hydrogen-bond donors (Lipinski definition) is 0. The molecule has 11 heavy (non-hydrogen) atoms. The second kappa shape index (κ2) is 7.11. The van der Waals surface area contributed by atoms with Gasteiger partial charge in [0.15, 0.2) is 0 Å². The lowest BCUT2D eigenvalue weighted by Gasteiger charge is -2.04. The van der Waals surface area contributed by atoms with Crippen molar-refractivity contribution in [3.05, 3.63) is 0 Å². The van der Waals surface area contributed by atoms with Crippen molar-refractivity contribution in [3.8, 4) is 0 Å². The molecule has 3 heteroatoms. The third-order valence-corrected chi connectivity index (χ3v) is 2.88. The van der Waals surface area contributed by atoms with E-state index in [4.69, 9.17) is 11.6 Å². The molecule has 0 heterocycles. The van der Waals surface area contributed by atoms with Gasteiger partial charge in [-0.3, -0.25) is 4.79 Å². The first-order valence-corrected chi connectivity index (χ1v) is 5.28. The minimum Gasteiger partial charge on any atom is -0.281 e. The zero-order valence-electron chi connectivity index (χ0n) is 6.78. The first-order valence-electron chi connectivity index (χ1n) is 3.99. The molecule has 0 amide bonds. The van der Waals surface area contributed by atoms with Crippen molar-refractivity contribution >= 4 is 32.8 Å². The van der Waals surface area contributed by atoms with E-state index in [9.17, 15) is 4.79 Å². The average Bonchev–Trinajstić information content (AvgIpc) is 1.97. The molecule has 1 atom stereocenters. The second-order valence-corrected chi connectivity index (χ2v) is 4.32. The van der Waals surface area contributed by atoms with E-state index >= 15 is 0 Å². The van der Waals surface area contributed by atoms with Crippen molar-refractivity contribution in [1.29, 1.82) is 0 Å². The highest BCUT2D eigenvalue weighted by Crippen LogP contribution is 2.14. The van der Waals surface area contributed by atoms with Crippen LogP contribution in [0.25, 0.3) is 0 Å². The molecule has 0 aliphatic carbocycles. The smallest absolute Gasteiger partial charge is 0.221 e. The Balaban J connectivity index is 3.08. The molecule has 0 aliphatic heterocycles. The Kier molecular flexibility index (Phi) is 7.39. The van der Waals surface area contributed by atoms with E-state index in [0.29, 0.717) is 11.2 Å². The Hall–Kier alpha value is 0.440. The Bertz CT molecular complexity index is 117. The normalized spacial score (nSPS) is 13.0. The van der Waals surface area contributed by atoms with Gasteiger partial charge in [0, 0.05) is 11.2 Å². The van der Waals surface area contributed by atoms with Gasteiger partial charge in [0.05, 0.1) is 0 Å². The van der Waals surface area contributed by atoms with Gasteiger partial charge in [-0.25, -0.2) is 0 Å². The molecule has 0 rings (SSSR count). The van der Waals surface area contributed by atoms with Gasteiger partial charge < -0.3 is 0 Å². The lowest BCUT2D eigenvalue weighted by atomic mass is 10.1. The minimum atomic E-state index is -0.215. The number of hydrogen-bond acceptors (Lipinski definition) is 1. The van der Waals surface area contributed by atoms with Crippen LogP contribution < -0.4 is 0 Å². The SMILES string of the molecule is CCC(Br)CCCCC(=O)Cl. The lowest BCUT2D eigenvalue weighted by Crippen LogP contribution is -1.95. The summed E-state index contributed by atoms with van der Waals surface area (Å²) in [6.45, 7) is 2.14. The predicted octanol–water partition coefficient (Wildman–Crippen LogP) is 3.49. The van der Waals surface area contributed by atoms with Gasteiger partial charge in [0.1, 0.15) is 0 Å². The van der Waals surface area contributed by atoms with E-state index in [1.54, 1.807) is 0 Å². The monoisotopic (exact) mass is 240 g/mol. The fourth-order valence-corrected chi connectivity index (χ4v) is 1.29. The lowest BCUT2D eigenvalue weighted by molar-refractivity contribution is -0.111. The van der Waals surface area contributed by atoms with Crippen LogP contribution in [0.15, 0.2) is 0 Å². The molecule has 66 valence electrons. The van der Waals surface area contributed by atoms with Crippen molar-refractivity contribution in [2.24, 2.45) is 0 Å². The van der Waals surface area contributed by atoms with Gasteiger partial charge in [0.25, 0.3) is 0 Å². The molecule has 0 aromatic rings. The van der Waals surface area contributed by atoms with Crippen LogP contribution >= 0.6 is 27.5 Å². The third-order valence-electron chi connectivity index (χ3n) is 1.58. The van der Waals surface area contributed by atoms with Crippen molar-refractivity contribution in [1.82, 2.24) is 0 Å². The Labute approximate surface area is 81.6 Å². The van der Waals surface area contributed by atoms with E-state index in [0.717, 1.165) is 25.7 Å². The highest BCUT2D eigenvalue weighted by atomic mass is 79.9. The Morgan fingerprint density at radius 1 is 1.55 bits per heavy atom. The summed E-state index contributed by atoms with van der Waals surface area (Å²) in [7, 11) is 0. The molecule has 0 N–H and O–H groups in total. The fraction of sp³-hybridized carbons (Fsp3) is 0.875. The van der Waals surface area contributed by atoms with Gasteiger partial charge in [-0.15, -0.1) is 0 Å². The number of unbranched alkanes of at least 4 members (excludes halogenated alkanes) is 1. The van der Waals surface area contributed by atoms with E-state index in [-0.39, 0.29) is 5.24 Å². The summed E-state index contributed by atoms with van der Waals surface area (Å²) in [6, 6.07) is 0. The highest BCUT2D eigenvalue weighted by Gasteiger charge is 2.01. The van der Waals surface area contributed by atoms with Crippen LogP contribution in [0.1, 0.15) is 39.0 Å². The van der Waals surface area contributed by atoms with Crippen LogP contribution in [-0.2, 0) is 4.79 Å². The fourth-order valence-electron chi connectivity index (χ4n) is 0.834. The molecule has 0 radical (unpaired) electrons. The van der Waals surface area contributed by atoms with Gasteiger partial charge in [0.2, 0.25) is 5.24 Å². The maximum Gasteiger partial charge on any atom is 0.221 e. The summed E-state index contributed by atoms with van der Waals surface area (Å²) in [4.78, 5) is 10.9. The third kappa shape index (κ3) is 8.35. The number of halogens is 2. The molecule has 1 unspecified atom stereocenters. The zero-order chi connectivity index (χ0) is 8.69. The summed E-state index contributed by atoms with van der Waals surface area (Å²) in [5.41, 5.74) is 0. The molecule has 0 aromatic carbocycles. The zero-order valence-corrected chi connectivity index (χ0v) is 9.12. The summed E-state index contributed by atoms with van der Waals surface area (Å²) in [5.74, 6) is 0. The molecule has 0 aromatic heterocycles. The number of alkyl halides is 1. The maximum absolute atomic E-state index is 10.3. The second-order valence-electron chi connectivity index (χ2n) is 2.61. The molecule has 0 saturated heterocycles. The molecule has 0 aliphatic rings. The van der Waals surface area contributed by atoms with Crippen molar-refractivity contribution in [3.63, 3.8) is 0 Å². The molecule has 1 nitrogen and oxygen atoms in total. The van der Waals surface area contributed by atoms with E-state index in [2.05, 4.69) is 22.9 Å². The molecule has 0 bridgehead atoms. The van der Waals surface area contributed by atoms with E-state index in [1.165, 1.54) is 0 Å². The van der Waals surface area contributed by atoms with Crippen LogP contribution in [0.2, 0.25) is 0 Å². The van der Waals surface area contributed by atoms with Gasteiger partial charge in [-0.1, -0.05) is 29.3 Å². The van der Waals surface area contributed by atoms with Crippen molar-refractivity contribution in [2.75, 3.05) is 0 Å². The first kappa shape index (κ1) is 11.4. The maximum atomic E-state index is 10.3. The van der Waals surface area contributed by atoms with E-state index in [1.807, 2.05) is 0 Å². The number of rotatable bonds is 6. The molecular formula is C8H14BrClO. The average molecular weight is 242 g/mol. The van der Waals surface area contributed by atoms with Gasteiger partial charge in [-0.2, -0.15) is 0 Å². The summed E-state index contributed by atoms with van der Waals surface area (Å²) in [6.07, 6.45) is 4.81. The first-order chi connectivity index (χ1) is 5.16. The van der Waals surface area contributed by atoms with Crippen LogP contribution in [0, 0.1) is 0 Å². The van der Waals surface area contributed by atoms with Gasteiger partial charge >= 0.3 is 0 Å². The van der Waals surface area contributed by atoms with Crippen molar-refractivity contribution < 1.29 is 4.79 Å². The van der Waals surface area contributed by atoms with Crippen LogP contribution in [0.5, 0.6) is 0 Å². The Morgan fingerprint density at radius 2 is 2.18 bits per heavy atom. The quantitative estimate of drug-likeness (QED) is 0.395. The summed E-state index contributed by atoms with van der Waals surface area (Å²) in [5, 5.41) is -0.215. The standard InChI is InChI=1S/C8H14BrClO/c1-2-7(9)5-3-4-6-8(10)11/h7H,2-6H2,1H3. The number of carbonyl (C=O) groups is 1. The van der Waals surface area contributed by atoms with Crippen LogP contribution in [0.3, 0.4) is 0 Å². The summed E-state index contributed by atoms with van der Waals surface area (Å²) >= 11 is 8.70. The Morgan fingerprint density at radius 3 is 2.64 bits per heavy atom. The highest BCUT2D eigenvalue weighted by molar-refractivity contribution is 9.09. The molecular weight excluding hydrogens is 227 g/mol. The summed E-state index contributed by atoms with van der Waals surface area (Å²) < 4.78 is 0. The molecule has 0 spiro atoms. The predicted molar refractivity (Wildman–Crippen MR) is 52.3 cm³/mol. The van der Waals surface area contributed by atoms with Crippen molar-refractivity contribution in [2.45, 2.75) is 43.9 Å². The molecule has 0 fully saturated rings. The van der Waals surface area contributed by atoms with Crippen LogP contribution in [0.4, 0.5) is 0 Å². The van der Waals surface area contributed by atoms with Crippen LogP contribution in [-0.4, -0.2) is 10.1 Å². The largest absolute Gasteiger partial charge is 0.281 e. The van der Waals surface area contributed by atoms with Gasteiger partial charge in [-0.05, 0) is 30.9 Å². The van der Waals surface area contributed by atoms with E-state index < -0.39 is 0 Å². The molecule has 0 saturated carbocycles. The number of carbonyl (C=O) groups excluding carboxylic acids is 1. The topological polar surface area (TPSA) is 17.1 Å².